The molecule has 0 fully saturated rings. The topological polar surface area (TPSA) is 12.4 Å². The fraction of sp³-hybridized carbons (Fsp3) is 0.667. The molecule has 1 nitrogen and oxygen atoms in total. The molecule has 2 heteroatoms. The Balaban J connectivity index is 3.42. The zero-order chi connectivity index (χ0) is 8.53. The molecule has 0 aliphatic carbocycles. The predicted octanol–water partition coefficient (Wildman–Crippen LogP) is 3.12. The number of aliphatic imine (C=N–C) groups is 1. The minimum absolute atomic E-state index is 1.12. The van der Waals surface area contributed by atoms with E-state index < -0.39 is 0 Å². The van der Waals surface area contributed by atoms with Crippen molar-refractivity contribution < 1.29 is 0 Å². The van der Waals surface area contributed by atoms with Gasteiger partial charge in [-0.05, 0) is 31.6 Å². The molecular formula is C9H17NS. The first-order valence-electron chi connectivity index (χ1n) is 4.02. The van der Waals surface area contributed by atoms with E-state index in [9.17, 15) is 0 Å². The SMILES string of the molecule is CC=N/C=C(/C)CSCCC. The van der Waals surface area contributed by atoms with Crippen LogP contribution in [0, 0.1) is 0 Å². The van der Waals surface area contributed by atoms with Crippen LogP contribution in [0.25, 0.3) is 0 Å². The van der Waals surface area contributed by atoms with E-state index in [0.29, 0.717) is 0 Å². The fourth-order valence-corrected chi connectivity index (χ4v) is 1.45. The number of hydrogen-bond acceptors (Lipinski definition) is 2. The van der Waals surface area contributed by atoms with Crippen molar-refractivity contribution in [1.29, 1.82) is 0 Å². The van der Waals surface area contributed by atoms with E-state index in [2.05, 4.69) is 18.8 Å². The maximum absolute atomic E-state index is 4.05. The molecule has 0 rings (SSSR count). The van der Waals surface area contributed by atoms with Gasteiger partial charge < -0.3 is 0 Å². The van der Waals surface area contributed by atoms with Crippen LogP contribution in [0.1, 0.15) is 27.2 Å². The molecule has 0 atom stereocenters. The molecule has 0 spiro atoms. The summed E-state index contributed by atoms with van der Waals surface area (Å²) in [6.07, 6.45) is 5.01. The second-order valence-electron chi connectivity index (χ2n) is 2.44. The van der Waals surface area contributed by atoms with Crippen LogP contribution in [0.5, 0.6) is 0 Å². The summed E-state index contributed by atoms with van der Waals surface area (Å²) in [7, 11) is 0. The normalized spacial score (nSPS) is 12.8. The van der Waals surface area contributed by atoms with Crippen LogP contribution in [0.3, 0.4) is 0 Å². The molecule has 0 aliphatic heterocycles. The van der Waals surface area contributed by atoms with E-state index in [4.69, 9.17) is 0 Å². The van der Waals surface area contributed by atoms with Gasteiger partial charge in [0.2, 0.25) is 0 Å². The predicted molar refractivity (Wildman–Crippen MR) is 55.5 cm³/mol. The minimum Gasteiger partial charge on any atom is -0.269 e. The fourth-order valence-electron chi connectivity index (χ4n) is 0.617. The number of nitrogens with zero attached hydrogens (tertiary/aromatic N) is 1. The highest BCUT2D eigenvalue weighted by atomic mass is 32.2. The lowest BCUT2D eigenvalue weighted by atomic mass is 10.4. The molecule has 0 heterocycles. The lowest BCUT2D eigenvalue weighted by molar-refractivity contribution is 1.11. The van der Waals surface area contributed by atoms with Gasteiger partial charge in [0.05, 0.1) is 0 Å². The Morgan fingerprint density at radius 2 is 2.27 bits per heavy atom. The Bertz CT molecular complexity index is 138. The van der Waals surface area contributed by atoms with E-state index >= 15 is 0 Å². The third kappa shape index (κ3) is 7.66. The van der Waals surface area contributed by atoms with Crippen molar-refractivity contribution in [2.75, 3.05) is 11.5 Å². The number of hydrogen-bond donors (Lipinski definition) is 0. The standard InChI is InChI=1S/C9H17NS/c1-4-6-11-8-9(3)7-10-5-2/h5,7H,4,6,8H2,1-3H3/b9-7-,10-5?. The first kappa shape index (κ1) is 10.8. The van der Waals surface area contributed by atoms with Gasteiger partial charge in [-0.15, -0.1) is 0 Å². The van der Waals surface area contributed by atoms with Crippen molar-refractivity contribution in [2.24, 2.45) is 4.99 Å². The van der Waals surface area contributed by atoms with Crippen LogP contribution in [0.2, 0.25) is 0 Å². The van der Waals surface area contributed by atoms with E-state index in [1.807, 2.05) is 31.1 Å². The molecule has 0 aromatic carbocycles. The van der Waals surface area contributed by atoms with Crippen LogP contribution >= 0.6 is 11.8 Å². The van der Waals surface area contributed by atoms with E-state index in [1.165, 1.54) is 17.7 Å². The molecule has 0 aromatic rings. The number of rotatable bonds is 5. The average molecular weight is 171 g/mol. The zero-order valence-electron chi connectivity index (χ0n) is 7.63. The maximum atomic E-state index is 4.05. The average Bonchev–Trinajstić information content (AvgIpc) is 2.01. The highest BCUT2D eigenvalue weighted by Gasteiger charge is 1.88. The smallest absolute Gasteiger partial charge is 0.0261 e. The van der Waals surface area contributed by atoms with Gasteiger partial charge >= 0.3 is 0 Å². The van der Waals surface area contributed by atoms with Crippen LogP contribution in [-0.2, 0) is 0 Å². The minimum atomic E-state index is 1.12. The van der Waals surface area contributed by atoms with Crippen molar-refractivity contribution in [3.05, 3.63) is 11.8 Å². The van der Waals surface area contributed by atoms with Gasteiger partial charge in [0.1, 0.15) is 0 Å². The van der Waals surface area contributed by atoms with Crippen molar-refractivity contribution in [1.82, 2.24) is 0 Å². The van der Waals surface area contributed by atoms with Crippen molar-refractivity contribution in [3.63, 3.8) is 0 Å². The highest BCUT2D eigenvalue weighted by Crippen LogP contribution is 2.07. The second kappa shape index (κ2) is 7.86. The Kier molecular flexibility index (Phi) is 7.69. The lowest BCUT2D eigenvalue weighted by Gasteiger charge is -1.97. The lowest BCUT2D eigenvalue weighted by Crippen LogP contribution is -1.82. The quantitative estimate of drug-likeness (QED) is 0.457. The van der Waals surface area contributed by atoms with E-state index in [-0.39, 0.29) is 0 Å². The Morgan fingerprint density at radius 3 is 2.82 bits per heavy atom. The Labute approximate surface area is 74.0 Å². The van der Waals surface area contributed by atoms with Crippen LogP contribution < -0.4 is 0 Å². The van der Waals surface area contributed by atoms with Gasteiger partial charge in [-0.2, -0.15) is 11.8 Å². The summed E-state index contributed by atoms with van der Waals surface area (Å²) in [5, 5.41) is 0. The molecule has 0 aromatic heterocycles. The Hall–Kier alpha value is -0.240. The summed E-state index contributed by atoms with van der Waals surface area (Å²) in [6.45, 7) is 6.26. The van der Waals surface area contributed by atoms with Gasteiger partial charge in [0.15, 0.2) is 0 Å². The van der Waals surface area contributed by atoms with Crippen LogP contribution in [-0.4, -0.2) is 17.7 Å². The summed E-state index contributed by atoms with van der Waals surface area (Å²) < 4.78 is 0. The summed E-state index contributed by atoms with van der Waals surface area (Å²) in [5.74, 6) is 2.37. The molecule has 0 radical (unpaired) electrons. The molecule has 0 saturated carbocycles. The van der Waals surface area contributed by atoms with Gasteiger partial charge in [-0.3, -0.25) is 4.99 Å². The summed E-state index contributed by atoms with van der Waals surface area (Å²) in [4.78, 5) is 4.05. The van der Waals surface area contributed by atoms with Crippen LogP contribution in [0.4, 0.5) is 0 Å². The van der Waals surface area contributed by atoms with Crippen LogP contribution in [0.15, 0.2) is 16.8 Å². The first-order chi connectivity index (χ1) is 5.31. The molecule has 0 aliphatic rings. The zero-order valence-corrected chi connectivity index (χ0v) is 8.45. The van der Waals surface area contributed by atoms with E-state index in [0.717, 1.165) is 5.75 Å². The van der Waals surface area contributed by atoms with Gasteiger partial charge in [0.25, 0.3) is 0 Å². The molecule has 0 unspecified atom stereocenters. The first-order valence-corrected chi connectivity index (χ1v) is 5.18. The molecule has 0 saturated heterocycles. The largest absolute Gasteiger partial charge is 0.269 e. The Morgan fingerprint density at radius 1 is 1.55 bits per heavy atom. The van der Waals surface area contributed by atoms with Gasteiger partial charge in [-0.1, -0.05) is 6.92 Å². The van der Waals surface area contributed by atoms with Gasteiger partial charge in [0, 0.05) is 18.2 Å². The third-order valence-electron chi connectivity index (χ3n) is 1.12. The second-order valence-corrected chi connectivity index (χ2v) is 3.54. The van der Waals surface area contributed by atoms with Crippen molar-refractivity contribution in [3.8, 4) is 0 Å². The highest BCUT2D eigenvalue weighted by molar-refractivity contribution is 7.99. The molecule has 0 N–H and O–H groups in total. The van der Waals surface area contributed by atoms with Crippen molar-refractivity contribution >= 4 is 18.0 Å². The number of thioether (sulfide) groups is 1. The third-order valence-corrected chi connectivity index (χ3v) is 2.48. The molecular weight excluding hydrogens is 154 g/mol. The summed E-state index contributed by atoms with van der Waals surface area (Å²) in [5.41, 5.74) is 1.35. The molecule has 11 heavy (non-hydrogen) atoms. The van der Waals surface area contributed by atoms with Crippen molar-refractivity contribution in [2.45, 2.75) is 27.2 Å². The molecule has 0 amide bonds. The molecule has 0 bridgehead atoms. The summed E-state index contributed by atoms with van der Waals surface area (Å²) >= 11 is 1.97. The molecule has 64 valence electrons. The van der Waals surface area contributed by atoms with E-state index in [1.54, 1.807) is 0 Å². The van der Waals surface area contributed by atoms with Gasteiger partial charge in [-0.25, -0.2) is 0 Å². The maximum Gasteiger partial charge on any atom is 0.0261 e. The monoisotopic (exact) mass is 171 g/mol. The summed E-state index contributed by atoms with van der Waals surface area (Å²) in [6, 6.07) is 0.